The van der Waals surface area contributed by atoms with Crippen LogP contribution in [0.15, 0.2) is 28.5 Å². The normalized spacial score (nSPS) is 30.3. The van der Waals surface area contributed by atoms with Crippen LogP contribution in [0, 0.1) is 11.8 Å². The van der Waals surface area contributed by atoms with Crippen LogP contribution in [-0.2, 0) is 11.2 Å². The Balaban J connectivity index is 1.22. The predicted molar refractivity (Wildman–Crippen MR) is 122 cm³/mol. The molecule has 0 spiro atoms. The summed E-state index contributed by atoms with van der Waals surface area (Å²) in [5.74, 6) is 1.26. The highest BCUT2D eigenvalue weighted by Gasteiger charge is 2.46. The van der Waals surface area contributed by atoms with Crippen LogP contribution < -0.4 is 0 Å². The summed E-state index contributed by atoms with van der Waals surface area (Å²) in [7, 11) is 0. The van der Waals surface area contributed by atoms with Crippen molar-refractivity contribution in [2.24, 2.45) is 11.8 Å². The molecule has 1 aromatic heterocycles. The lowest BCUT2D eigenvalue weighted by Crippen LogP contribution is -2.31. The number of aryl methyl sites for hydroxylation is 1. The average Bonchev–Trinajstić information content (AvgIpc) is 3.40. The Kier molecular flexibility index (Phi) is 6.12. The largest absolute Gasteiger partial charge is 0.476 e. The number of rotatable bonds is 7. The van der Waals surface area contributed by atoms with Crippen LogP contribution >= 0.6 is 23.1 Å². The molecule has 2 N–H and O–H groups in total. The van der Waals surface area contributed by atoms with Gasteiger partial charge in [-0.15, -0.1) is 23.1 Å². The number of hydrogen-bond donors (Lipinski definition) is 2. The van der Waals surface area contributed by atoms with E-state index in [4.69, 9.17) is 9.84 Å². The van der Waals surface area contributed by atoms with E-state index in [0.717, 1.165) is 35.9 Å². The summed E-state index contributed by atoms with van der Waals surface area (Å²) < 4.78 is 6.32. The van der Waals surface area contributed by atoms with Crippen molar-refractivity contribution in [3.05, 3.63) is 45.4 Å². The maximum absolute atomic E-state index is 11.1. The van der Waals surface area contributed by atoms with E-state index in [9.17, 15) is 9.90 Å². The molecule has 31 heavy (non-hydrogen) atoms. The molecule has 3 fully saturated rings. The fraction of sp³-hybridized carbons (Fsp3) is 0.583. The van der Waals surface area contributed by atoms with E-state index < -0.39 is 5.97 Å². The van der Waals surface area contributed by atoms with Crippen molar-refractivity contribution in [1.82, 2.24) is 4.98 Å². The van der Waals surface area contributed by atoms with Crippen molar-refractivity contribution < 1.29 is 19.7 Å². The van der Waals surface area contributed by atoms with E-state index in [0.29, 0.717) is 12.3 Å². The topological polar surface area (TPSA) is 79.7 Å². The molecular formula is C24H29NO4S2. The number of aliphatic hydroxyl groups is 1. The number of aromatic carboxylic acids is 1. The molecular weight excluding hydrogens is 430 g/mol. The SMILES string of the molecule is CCc1ccc(SC[C@@H]2[C@H]3CC[C@H](c4nc(C(=O)O)cs4)O[C@H]3C[C@@H]2O)cc1C1CC1. The Morgan fingerprint density at radius 1 is 1.29 bits per heavy atom. The van der Waals surface area contributed by atoms with Crippen molar-refractivity contribution in [3.63, 3.8) is 0 Å². The molecule has 2 saturated carbocycles. The summed E-state index contributed by atoms with van der Waals surface area (Å²) in [5.41, 5.74) is 3.10. The van der Waals surface area contributed by atoms with Crippen molar-refractivity contribution in [1.29, 1.82) is 0 Å². The van der Waals surface area contributed by atoms with Crippen LogP contribution in [0.2, 0.25) is 0 Å². The Morgan fingerprint density at radius 3 is 2.84 bits per heavy atom. The summed E-state index contributed by atoms with van der Waals surface area (Å²) in [5, 5.41) is 22.2. The third kappa shape index (κ3) is 4.42. The van der Waals surface area contributed by atoms with Crippen LogP contribution in [0.1, 0.15) is 77.7 Å². The number of carboxylic acids is 1. The molecule has 166 valence electrons. The number of benzene rings is 1. The van der Waals surface area contributed by atoms with Crippen molar-refractivity contribution in [2.45, 2.75) is 74.6 Å². The minimum Gasteiger partial charge on any atom is -0.476 e. The first-order chi connectivity index (χ1) is 15.0. The third-order valence-corrected chi connectivity index (χ3v) is 9.15. The number of aromatic nitrogens is 1. The van der Waals surface area contributed by atoms with Gasteiger partial charge in [0.25, 0.3) is 0 Å². The van der Waals surface area contributed by atoms with Gasteiger partial charge in [0.2, 0.25) is 0 Å². The summed E-state index contributed by atoms with van der Waals surface area (Å²) in [4.78, 5) is 16.7. The van der Waals surface area contributed by atoms with Crippen LogP contribution in [0.5, 0.6) is 0 Å². The second-order valence-electron chi connectivity index (χ2n) is 9.05. The molecule has 2 heterocycles. The molecule has 5 nitrogen and oxygen atoms in total. The van der Waals surface area contributed by atoms with Crippen molar-refractivity contribution in [3.8, 4) is 0 Å². The van der Waals surface area contributed by atoms with Gasteiger partial charge in [0.15, 0.2) is 5.69 Å². The first-order valence-corrected chi connectivity index (χ1v) is 13.2. The van der Waals surface area contributed by atoms with Gasteiger partial charge in [0, 0.05) is 22.4 Å². The van der Waals surface area contributed by atoms with Gasteiger partial charge in [0.05, 0.1) is 12.2 Å². The number of nitrogens with zero attached hydrogens (tertiary/aromatic N) is 1. The number of hydrogen-bond acceptors (Lipinski definition) is 6. The number of ether oxygens (including phenoxy) is 1. The minimum absolute atomic E-state index is 0.0287. The van der Waals surface area contributed by atoms with Gasteiger partial charge in [0.1, 0.15) is 11.1 Å². The molecule has 0 radical (unpaired) electrons. The molecule has 0 unspecified atom stereocenters. The summed E-state index contributed by atoms with van der Waals surface area (Å²) in [6.45, 7) is 2.23. The highest BCUT2D eigenvalue weighted by Crippen LogP contribution is 2.48. The lowest BCUT2D eigenvalue weighted by Gasteiger charge is -2.34. The van der Waals surface area contributed by atoms with Crippen LogP contribution in [0.25, 0.3) is 0 Å². The summed E-state index contributed by atoms with van der Waals surface area (Å²) in [6.07, 6.45) is 5.74. The van der Waals surface area contributed by atoms with Crippen LogP contribution in [0.3, 0.4) is 0 Å². The quantitative estimate of drug-likeness (QED) is 0.548. The highest BCUT2D eigenvalue weighted by atomic mass is 32.2. The van der Waals surface area contributed by atoms with Crippen LogP contribution in [0.4, 0.5) is 0 Å². The maximum atomic E-state index is 11.1. The second kappa shape index (κ2) is 8.85. The third-order valence-electron chi connectivity index (χ3n) is 7.07. The Labute approximate surface area is 191 Å². The first-order valence-electron chi connectivity index (χ1n) is 11.3. The zero-order valence-corrected chi connectivity index (χ0v) is 19.3. The Morgan fingerprint density at radius 2 is 2.13 bits per heavy atom. The van der Waals surface area contributed by atoms with E-state index in [-0.39, 0.29) is 29.9 Å². The van der Waals surface area contributed by atoms with Gasteiger partial charge in [-0.25, -0.2) is 9.78 Å². The lowest BCUT2D eigenvalue weighted by molar-refractivity contribution is -0.0778. The number of thiazole rings is 1. The molecule has 2 aromatic rings. The van der Waals surface area contributed by atoms with Gasteiger partial charge in [-0.1, -0.05) is 13.0 Å². The second-order valence-corrected chi connectivity index (χ2v) is 11.0. The lowest BCUT2D eigenvalue weighted by atomic mass is 9.87. The molecule has 0 bridgehead atoms. The molecule has 1 aromatic carbocycles. The molecule has 5 atom stereocenters. The van der Waals surface area contributed by atoms with Gasteiger partial charge in [-0.2, -0.15) is 0 Å². The number of thioether (sulfide) groups is 1. The zero-order chi connectivity index (χ0) is 21.5. The van der Waals surface area contributed by atoms with Gasteiger partial charge in [-0.05, 0) is 73.1 Å². The molecule has 1 aliphatic heterocycles. The smallest absolute Gasteiger partial charge is 0.355 e. The monoisotopic (exact) mass is 459 g/mol. The average molecular weight is 460 g/mol. The van der Waals surface area contributed by atoms with Gasteiger partial charge in [-0.3, -0.25) is 0 Å². The Hall–Kier alpha value is -1.41. The molecule has 0 amide bonds. The standard InChI is InChI=1S/C24H29NO4S2/c1-2-13-5-6-15(9-17(13)14-3-4-14)30-11-18-16-7-8-21(29-22(16)10-20(18)26)23-25-19(12-31-23)24(27)28/h5-6,9,12,14,16,18,20-22,26H,2-4,7-8,10-11H2,1H3,(H,27,28)/t16-,18-,20+,21-,22+/m1/s1. The first kappa shape index (κ1) is 21.4. The number of carbonyl (C=O) groups is 1. The van der Waals surface area contributed by atoms with E-state index >= 15 is 0 Å². The van der Waals surface area contributed by atoms with Gasteiger partial charge < -0.3 is 14.9 Å². The zero-order valence-electron chi connectivity index (χ0n) is 17.7. The van der Waals surface area contributed by atoms with Crippen molar-refractivity contribution in [2.75, 3.05) is 5.75 Å². The van der Waals surface area contributed by atoms with Crippen molar-refractivity contribution >= 4 is 29.1 Å². The molecule has 5 rings (SSSR count). The minimum atomic E-state index is -0.999. The number of fused-ring (bicyclic) bond motifs is 1. The van der Waals surface area contributed by atoms with Crippen LogP contribution in [-0.4, -0.2) is 39.1 Å². The highest BCUT2D eigenvalue weighted by molar-refractivity contribution is 7.99. The molecule has 7 heteroatoms. The van der Waals surface area contributed by atoms with E-state index in [2.05, 4.69) is 30.1 Å². The molecule has 3 aliphatic rings. The summed E-state index contributed by atoms with van der Waals surface area (Å²) >= 11 is 3.22. The van der Waals surface area contributed by atoms with E-state index in [1.54, 1.807) is 5.38 Å². The number of carboxylic acid groups (broad SMARTS) is 1. The summed E-state index contributed by atoms with van der Waals surface area (Å²) in [6, 6.07) is 6.91. The number of aliphatic hydroxyl groups excluding tert-OH is 1. The molecule has 1 saturated heterocycles. The Bertz CT molecular complexity index is 957. The maximum Gasteiger partial charge on any atom is 0.355 e. The fourth-order valence-corrected chi connectivity index (χ4v) is 7.32. The predicted octanol–water partition coefficient (Wildman–Crippen LogP) is 5.29. The van der Waals surface area contributed by atoms with Gasteiger partial charge >= 0.3 is 5.97 Å². The van der Waals surface area contributed by atoms with E-state index in [1.807, 2.05) is 11.8 Å². The molecule has 2 aliphatic carbocycles. The fourth-order valence-electron chi connectivity index (χ4n) is 5.23. The van der Waals surface area contributed by atoms with E-state index in [1.165, 1.54) is 40.2 Å².